The Labute approximate surface area is 217 Å². The van der Waals surface area contributed by atoms with Gasteiger partial charge in [0, 0.05) is 36.8 Å². The van der Waals surface area contributed by atoms with Gasteiger partial charge in [0.15, 0.2) is 0 Å². The third-order valence-electron chi connectivity index (χ3n) is 7.37. The van der Waals surface area contributed by atoms with Crippen molar-refractivity contribution < 1.29 is 32.6 Å². The zero-order chi connectivity index (χ0) is 26.9. The lowest BCUT2D eigenvalue weighted by Gasteiger charge is -2.34. The molecule has 202 valence electrons. The van der Waals surface area contributed by atoms with Crippen LogP contribution in [0.3, 0.4) is 0 Å². The molecule has 1 aromatic carbocycles. The highest BCUT2D eigenvalue weighted by Crippen LogP contribution is 2.32. The number of carboxylic acids is 1. The molecule has 0 aliphatic carbocycles. The van der Waals surface area contributed by atoms with Crippen molar-refractivity contribution in [3.05, 3.63) is 59.4 Å². The summed E-state index contributed by atoms with van der Waals surface area (Å²) < 4.78 is 44.3. The van der Waals surface area contributed by atoms with E-state index in [0.29, 0.717) is 38.2 Å². The first kappa shape index (κ1) is 26.0. The van der Waals surface area contributed by atoms with Gasteiger partial charge in [0.25, 0.3) is 0 Å². The number of likely N-dealkylation sites (tertiary alicyclic amines) is 1. The number of aromatic nitrogens is 2. The Bertz CT molecular complexity index is 1330. The summed E-state index contributed by atoms with van der Waals surface area (Å²) >= 11 is 0. The van der Waals surface area contributed by atoms with Crippen molar-refractivity contribution in [2.24, 2.45) is 5.92 Å². The quantitative estimate of drug-likeness (QED) is 0.496. The summed E-state index contributed by atoms with van der Waals surface area (Å²) in [5.74, 6) is -0.900. The van der Waals surface area contributed by atoms with E-state index >= 15 is 0 Å². The zero-order valence-electron chi connectivity index (χ0n) is 20.8. The van der Waals surface area contributed by atoms with Gasteiger partial charge in [-0.25, -0.2) is 4.98 Å². The van der Waals surface area contributed by atoms with Crippen molar-refractivity contribution in [2.75, 3.05) is 26.2 Å². The van der Waals surface area contributed by atoms with Crippen LogP contribution in [0, 0.1) is 5.92 Å². The summed E-state index contributed by atoms with van der Waals surface area (Å²) in [6.07, 6.45) is -0.730. The highest BCUT2D eigenvalue weighted by molar-refractivity contribution is 5.84. The zero-order valence-corrected chi connectivity index (χ0v) is 20.8. The number of piperidine rings is 1. The lowest BCUT2D eigenvalue weighted by Crippen LogP contribution is -2.45. The molecule has 5 rings (SSSR count). The Kier molecular flexibility index (Phi) is 7.29. The molecule has 2 aliphatic rings. The van der Waals surface area contributed by atoms with Crippen molar-refractivity contribution in [3.63, 3.8) is 0 Å². The molecule has 1 saturated heterocycles. The van der Waals surface area contributed by atoms with Gasteiger partial charge in [0.2, 0.25) is 5.91 Å². The Morgan fingerprint density at radius 1 is 1.11 bits per heavy atom. The average molecular weight is 531 g/mol. The third-order valence-corrected chi connectivity index (χ3v) is 7.37. The molecule has 1 N–H and O–H groups in total. The van der Waals surface area contributed by atoms with Crippen molar-refractivity contribution in [3.8, 4) is 5.75 Å². The molecule has 0 bridgehead atoms. The van der Waals surface area contributed by atoms with Crippen molar-refractivity contribution in [1.82, 2.24) is 19.4 Å². The van der Waals surface area contributed by atoms with E-state index in [1.54, 1.807) is 12.3 Å². The lowest BCUT2D eigenvalue weighted by atomic mass is 9.93. The minimum Gasteiger partial charge on any atom is -0.481 e. The molecule has 8 nitrogen and oxygen atoms in total. The van der Waals surface area contributed by atoms with Crippen LogP contribution in [0.2, 0.25) is 0 Å². The van der Waals surface area contributed by atoms with E-state index in [4.69, 9.17) is 5.11 Å². The maximum Gasteiger partial charge on any atom is 0.573 e. The molecule has 1 fully saturated rings. The second-order valence-corrected chi connectivity index (χ2v) is 9.96. The number of carboxylic acid groups (broad SMARTS) is 1. The topological polar surface area (TPSA) is 87.9 Å². The number of carbonyl (C=O) groups is 2. The van der Waals surface area contributed by atoms with Gasteiger partial charge in [-0.05, 0) is 73.7 Å². The Hall–Kier alpha value is -3.60. The number of aliphatic carboxylic acids is 1. The first-order chi connectivity index (χ1) is 18.2. The molecule has 0 radical (unpaired) electrons. The summed E-state index contributed by atoms with van der Waals surface area (Å²) in [5, 5.41) is 10.0. The highest BCUT2D eigenvalue weighted by atomic mass is 19.4. The number of hydrogen-bond acceptors (Lipinski definition) is 5. The van der Waals surface area contributed by atoms with E-state index in [1.165, 1.54) is 18.2 Å². The first-order valence-corrected chi connectivity index (χ1v) is 12.7. The predicted molar refractivity (Wildman–Crippen MR) is 132 cm³/mol. The van der Waals surface area contributed by atoms with Gasteiger partial charge < -0.3 is 19.3 Å². The van der Waals surface area contributed by atoms with Crippen molar-refractivity contribution >= 4 is 22.9 Å². The highest BCUT2D eigenvalue weighted by Gasteiger charge is 2.32. The monoisotopic (exact) mass is 530 g/mol. The molecule has 0 unspecified atom stereocenters. The van der Waals surface area contributed by atoms with Crippen molar-refractivity contribution in [2.45, 2.75) is 45.1 Å². The number of benzene rings is 1. The number of hydrogen-bond donors (Lipinski definition) is 1. The molecule has 4 heterocycles. The molecule has 2 aromatic heterocycles. The molecule has 3 aromatic rings. The number of halogens is 3. The van der Waals surface area contributed by atoms with Crippen molar-refractivity contribution in [1.29, 1.82) is 0 Å². The summed E-state index contributed by atoms with van der Waals surface area (Å²) in [7, 11) is 0. The van der Waals surface area contributed by atoms with Gasteiger partial charge in [-0.3, -0.25) is 14.5 Å². The van der Waals surface area contributed by atoms with Gasteiger partial charge >= 0.3 is 12.3 Å². The SMILES string of the molecule is O=C(O)CC1CCN(CC(=O)N2CCc3c(n(Cc4cccc(OC(F)(F)F)c4)c4ncccc34)C2)CC1. The van der Waals surface area contributed by atoms with E-state index in [2.05, 4.69) is 14.6 Å². The fourth-order valence-electron chi connectivity index (χ4n) is 5.55. The number of fused-ring (bicyclic) bond motifs is 3. The minimum absolute atomic E-state index is 0.0117. The summed E-state index contributed by atoms with van der Waals surface area (Å²) in [6.45, 7) is 2.93. The molecule has 0 spiro atoms. The molecule has 2 aliphatic heterocycles. The molecule has 11 heteroatoms. The van der Waals surface area contributed by atoms with E-state index in [-0.39, 0.29) is 37.1 Å². The van der Waals surface area contributed by atoms with Gasteiger partial charge in [0.1, 0.15) is 11.4 Å². The molecule has 0 saturated carbocycles. The van der Waals surface area contributed by atoms with E-state index in [9.17, 15) is 22.8 Å². The van der Waals surface area contributed by atoms with Crippen LogP contribution in [-0.4, -0.2) is 68.9 Å². The van der Waals surface area contributed by atoms with E-state index < -0.39 is 12.3 Å². The Balaban J connectivity index is 1.33. The molecule has 38 heavy (non-hydrogen) atoms. The molecular weight excluding hydrogens is 501 g/mol. The first-order valence-electron chi connectivity index (χ1n) is 12.7. The largest absolute Gasteiger partial charge is 0.573 e. The summed E-state index contributed by atoms with van der Waals surface area (Å²) in [4.78, 5) is 32.7. The van der Waals surface area contributed by atoms with Gasteiger partial charge in [-0.1, -0.05) is 12.1 Å². The van der Waals surface area contributed by atoms with Gasteiger partial charge in [-0.15, -0.1) is 13.2 Å². The number of pyridine rings is 1. The smallest absolute Gasteiger partial charge is 0.481 e. The number of amides is 1. The van der Waals surface area contributed by atoms with Crippen LogP contribution in [0.5, 0.6) is 5.75 Å². The fourth-order valence-corrected chi connectivity index (χ4v) is 5.55. The summed E-state index contributed by atoms with van der Waals surface area (Å²) in [5.41, 5.74) is 3.40. The summed E-state index contributed by atoms with van der Waals surface area (Å²) in [6, 6.07) is 9.75. The average Bonchev–Trinajstić information content (AvgIpc) is 3.17. The second-order valence-electron chi connectivity index (χ2n) is 9.96. The number of rotatable bonds is 7. The van der Waals surface area contributed by atoms with Crippen LogP contribution < -0.4 is 4.74 Å². The molecule has 0 atom stereocenters. The standard InChI is InChI=1S/C27H29F3N4O4/c28-27(29,30)38-20-4-1-3-19(13-20)15-34-23-16-33(12-8-21(23)22-5-2-9-31-26(22)34)24(35)17-32-10-6-18(7-11-32)14-25(36)37/h1-5,9,13,18H,6-8,10-12,14-17H2,(H,36,37). The number of ether oxygens (including phenoxy) is 1. The normalized spacial score (nSPS) is 17.0. The second kappa shape index (κ2) is 10.6. The number of carbonyl (C=O) groups excluding carboxylic acids is 1. The van der Waals surface area contributed by atoms with E-state index in [1.807, 2.05) is 21.6 Å². The number of nitrogens with zero attached hydrogens (tertiary/aromatic N) is 4. The predicted octanol–water partition coefficient (Wildman–Crippen LogP) is 4.05. The third kappa shape index (κ3) is 5.93. The van der Waals surface area contributed by atoms with Crippen LogP contribution in [-0.2, 0) is 29.1 Å². The van der Waals surface area contributed by atoms with Gasteiger partial charge in [0.05, 0.1) is 13.1 Å². The van der Waals surface area contributed by atoms with E-state index in [0.717, 1.165) is 35.1 Å². The molecule has 1 amide bonds. The van der Waals surface area contributed by atoms with Crippen LogP contribution in [0.1, 0.15) is 36.1 Å². The Morgan fingerprint density at radius 2 is 1.89 bits per heavy atom. The maximum absolute atomic E-state index is 13.2. The van der Waals surface area contributed by atoms with Crippen LogP contribution >= 0.6 is 0 Å². The van der Waals surface area contributed by atoms with Crippen LogP contribution in [0.25, 0.3) is 11.0 Å². The maximum atomic E-state index is 13.2. The number of alkyl halides is 3. The fraction of sp³-hybridized carbons (Fsp3) is 0.444. The van der Waals surface area contributed by atoms with Gasteiger partial charge in [-0.2, -0.15) is 0 Å². The molecular formula is C27H29F3N4O4. The lowest BCUT2D eigenvalue weighted by molar-refractivity contribution is -0.274. The van der Waals surface area contributed by atoms with Crippen LogP contribution in [0.4, 0.5) is 13.2 Å². The van der Waals surface area contributed by atoms with Crippen LogP contribution in [0.15, 0.2) is 42.6 Å². The minimum atomic E-state index is -4.77. The Morgan fingerprint density at radius 3 is 2.63 bits per heavy atom.